The van der Waals surface area contributed by atoms with Gasteiger partial charge in [0.1, 0.15) is 0 Å². The number of nitro benzene ring substituents is 1. The zero-order valence-electron chi connectivity index (χ0n) is 15.9. The number of hydrogen-bond donors (Lipinski definition) is 3. The lowest BCUT2D eigenvalue weighted by atomic mass is 10.2. The summed E-state index contributed by atoms with van der Waals surface area (Å²) in [6.45, 7) is 1.52. The fraction of sp³-hybridized carbons (Fsp3) is 0.278. The second-order valence-corrected chi connectivity index (χ2v) is 8.60. The molecule has 0 fully saturated rings. The van der Waals surface area contributed by atoms with Crippen LogP contribution in [0.3, 0.4) is 0 Å². The van der Waals surface area contributed by atoms with Gasteiger partial charge in [0.05, 0.1) is 16.4 Å². The molecule has 9 nitrogen and oxygen atoms in total. The number of guanidine groups is 1. The third kappa shape index (κ3) is 7.72. The SMILES string of the molecule is CSCCNC(=NCc1ccc(S(N)(=O)=O)cc1)NCc1ccc([N+](=O)[O-])cc1. The largest absolute Gasteiger partial charge is 0.356 e. The summed E-state index contributed by atoms with van der Waals surface area (Å²) in [6, 6.07) is 12.5. The van der Waals surface area contributed by atoms with E-state index in [0.29, 0.717) is 19.0 Å². The first kappa shape index (κ1) is 22.7. The number of nitrogens with one attached hydrogen (secondary N) is 2. The molecule has 2 aromatic rings. The zero-order chi connectivity index (χ0) is 21.3. The van der Waals surface area contributed by atoms with Crippen molar-refractivity contribution in [1.29, 1.82) is 0 Å². The number of aliphatic imine (C=N–C) groups is 1. The first-order valence-corrected chi connectivity index (χ1v) is 11.6. The zero-order valence-corrected chi connectivity index (χ0v) is 17.5. The van der Waals surface area contributed by atoms with Crippen LogP contribution in [0.5, 0.6) is 0 Å². The number of non-ortho nitro benzene ring substituents is 1. The van der Waals surface area contributed by atoms with Crippen molar-refractivity contribution < 1.29 is 13.3 Å². The van der Waals surface area contributed by atoms with Crippen LogP contribution >= 0.6 is 11.8 Å². The average Bonchev–Trinajstić information content (AvgIpc) is 2.69. The van der Waals surface area contributed by atoms with E-state index in [4.69, 9.17) is 5.14 Å². The maximum absolute atomic E-state index is 11.3. The topological polar surface area (TPSA) is 140 Å². The van der Waals surface area contributed by atoms with Crippen LogP contribution in [0.1, 0.15) is 11.1 Å². The van der Waals surface area contributed by atoms with E-state index in [0.717, 1.165) is 23.4 Å². The summed E-state index contributed by atoms with van der Waals surface area (Å²) in [4.78, 5) is 14.9. The molecule has 0 amide bonds. The molecule has 0 aliphatic rings. The van der Waals surface area contributed by atoms with E-state index in [9.17, 15) is 18.5 Å². The molecule has 0 aromatic heterocycles. The summed E-state index contributed by atoms with van der Waals surface area (Å²) in [7, 11) is -3.72. The number of hydrogen-bond acceptors (Lipinski definition) is 6. The molecule has 2 aromatic carbocycles. The third-order valence-electron chi connectivity index (χ3n) is 3.88. The summed E-state index contributed by atoms with van der Waals surface area (Å²) >= 11 is 1.70. The van der Waals surface area contributed by atoms with Crippen molar-refractivity contribution in [1.82, 2.24) is 10.6 Å². The molecule has 11 heteroatoms. The van der Waals surface area contributed by atoms with Crippen LogP contribution in [-0.4, -0.2) is 37.9 Å². The number of nitro groups is 1. The van der Waals surface area contributed by atoms with E-state index in [2.05, 4.69) is 15.6 Å². The Morgan fingerprint density at radius 3 is 2.28 bits per heavy atom. The van der Waals surface area contributed by atoms with E-state index >= 15 is 0 Å². The second kappa shape index (κ2) is 10.8. The van der Waals surface area contributed by atoms with Gasteiger partial charge in [0.2, 0.25) is 10.0 Å². The highest BCUT2D eigenvalue weighted by Crippen LogP contribution is 2.12. The Morgan fingerprint density at radius 2 is 1.72 bits per heavy atom. The number of benzene rings is 2. The fourth-order valence-corrected chi connectivity index (χ4v) is 3.14. The lowest BCUT2D eigenvalue weighted by molar-refractivity contribution is -0.384. The van der Waals surface area contributed by atoms with Crippen LogP contribution in [0.25, 0.3) is 0 Å². The van der Waals surface area contributed by atoms with Crippen molar-refractivity contribution in [3.05, 3.63) is 69.8 Å². The number of thioether (sulfide) groups is 1. The van der Waals surface area contributed by atoms with Crippen LogP contribution in [0, 0.1) is 10.1 Å². The molecule has 0 heterocycles. The third-order valence-corrected chi connectivity index (χ3v) is 5.42. The molecule has 0 saturated carbocycles. The molecule has 0 aliphatic carbocycles. The Kier molecular flexibility index (Phi) is 8.43. The summed E-state index contributed by atoms with van der Waals surface area (Å²) in [5.41, 5.74) is 1.76. The number of nitrogens with zero attached hydrogens (tertiary/aromatic N) is 2. The standard InChI is InChI=1S/C18H23N5O4S2/c1-28-11-10-20-18(21-12-14-2-6-16(7-3-14)23(24)25)22-13-15-4-8-17(9-5-15)29(19,26)27/h2-9H,10-13H2,1H3,(H2,19,26,27)(H2,20,21,22). The minimum atomic E-state index is -3.72. The van der Waals surface area contributed by atoms with Crippen molar-refractivity contribution in [2.45, 2.75) is 18.0 Å². The molecule has 0 radical (unpaired) electrons. The second-order valence-electron chi connectivity index (χ2n) is 6.05. The predicted molar refractivity (Wildman–Crippen MR) is 115 cm³/mol. The average molecular weight is 438 g/mol. The highest BCUT2D eigenvalue weighted by Gasteiger charge is 2.07. The van der Waals surface area contributed by atoms with Gasteiger partial charge >= 0.3 is 0 Å². The van der Waals surface area contributed by atoms with Crippen molar-refractivity contribution in [3.63, 3.8) is 0 Å². The van der Waals surface area contributed by atoms with Crippen LogP contribution in [-0.2, 0) is 23.1 Å². The first-order chi connectivity index (χ1) is 13.8. The van der Waals surface area contributed by atoms with E-state index in [1.54, 1.807) is 36.0 Å². The van der Waals surface area contributed by atoms with E-state index in [-0.39, 0.29) is 10.6 Å². The maximum Gasteiger partial charge on any atom is 0.269 e. The number of nitrogens with two attached hydrogens (primary N) is 1. The van der Waals surface area contributed by atoms with Gasteiger partial charge in [-0.2, -0.15) is 11.8 Å². The lowest BCUT2D eigenvalue weighted by Gasteiger charge is -2.12. The smallest absolute Gasteiger partial charge is 0.269 e. The maximum atomic E-state index is 11.3. The molecule has 0 bridgehead atoms. The Morgan fingerprint density at radius 1 is 1.10 bits per heavy atom. The van der Waals surface area contributed by atoms with Crippen LogP contribution in [0.2, 0.25) is 0 Å². The molecule has 0 atom stereocenters. The molecule has 2 rings (SSSR count). The van der Waals surface area contributed by atoms with Gasteiger partial charge in [-0.25, -0.2) is 18.5 Å². The summed E-state index contributed by atoms with van der Waals surface area (Å²) in [6.07, 6.45) is 2.01. The first-order valence-electron chi connectivity index (χ1n) is 8.66. The van der Waals surface area contributed by atoms with E-state index < -0.39 is 14.9 Å². The minimum absolute atomic E-state index is 0.0451. The molecule has 0 spiro atoms. The van der Waals surface area contributed by atoms with Crippen LogP contribution in [0.15, 0.2) is 58.4 Å². The molecule has 29 heavy (non-hydrogen) atoms. The van der Waals surface area contributed by atoms with Crippen LogP contribution < -0.4 is 15.8 Å². The quantitative estimate of drug-likeness (QED) is 0.179. The summed E-state index contributed by atoms with van der Waals surface area (Å²) < 4.78 is 22.7. The van der Waals surface area contributed by atoms with Crippen molar-refractivity contribution >= 4 is 33.4 Å². The predicted octanol–water partition coefficient (Wildman–Crippen LogP) is 1.84. The van der Waals surface area contributed by atoms with Gasteiger partial charge in [0, 0.05) is 31.0 Å². The van der Waals surface area contributed by atoms with Crippen molar-refractivity contribution in [2.24, 2.45) is 10.1 Å². The minimum Gasteiger partial charge on any atom is -0.356 e. The molecule has 156 valence electrons. The molecular weight excluding hydrogens is 414 g/mol. The molecule has 0 aliphatic heterocycles. The monoisotopic (exact) mass is 437 g/mol. The van der Waals surface area contributed by atoms with Gasteiger partial charge in [-0.1, -0.05) is 24.3 Å². The Labute approximate surface area is 174 Å². The lowest BCUT2D eigenvalue weighted by Crippen LogP contribution is -2.38. The fourth-order valence-electron chi connectivity index (χ4n) is 2.32. The van der Waals surface area contributed by atoms with Crippen molar-refractivity contribution in [2.75, 3.05) is 18.6 Å². The van der Waals surface area contributed by atoms with Gasteiger partial charge < -0.3 is 10.6 Å². The Balaban J connectivity index is 2.03. The molecule has 4 N–H and O–H groups in total. The van der Waals surface area contributed by atoms with Crippen molar-refractivity contribution in [3.8, 4) is 0 Å². The highest BCUT2D eigenvalue weighted by molar-refractivity contribution is 7.98. The van der Waals surface area contributed by atoms with E-state index in [1.165, 1.54) is 24.3 Å². The van der Waals surface area contributed by atoms with Gasteiger partial charge in [-0.05, 0) is 29.5 Å². The Hall–Kier alpha value is -2.63. The van der Waals surface area contributed by atoms with Gasteiger partial charge in [-0.15, -0.1) is 0 Å². The number of primary sulfonamides is 1. The van der Waals surface area contributed by atoms with E-state index in [1.807, 2.05) is 6.26 Å². The molecule has 0 unspecified atom stereocenters. The molecule has 0 saturated heterocycles. The number of rotatable bonds is 9. The summed E-state index contributed by atoms with van der Waals surface area (Å²) in [5, 5.41) is 22.3. The van der Waals surface area contributed by atoms with Gasteiger partial charge in [0.25, 0.3) is 5.69 Å². The van der Waals surface area contributed by atoms with Gasteiger partial charge in [0.15, 0.2) is 5.96 Å². The van der Waals surface area contributed by atoms with Gasteiger partial charge in [-0.3, -0.25) is 10.1 Å². The van der Waals surface area contributed by atoms with Crippen LogP contribution in [0.4, 0.5) is 5.69 Å². The number of sulfonamides is 1. The Bertz CT molecular complexity index is 945. The normalized spacial score (nSPS) is 11.9. The highest BCUT2D eigenvalue weighted by atomic mass is 32.2. The summed E-state index contributed by atoms with van der Waals surface area (Å²) in [5.74, 6) is 1.49. The molecular formula is C18H23N5O4S2.